The molecule has 24 heavy (non-hydrogen) atoms. The zero-order valence-corrected chi connectivity index (χ0v) is 14.0. The second-order valence-electron chi connectivity index (χ2n) is 5.16. The molecule has 2 aromatic heterocycles. The SMILES string of the molecule is CCOC(=O)c1c(C)sc2c1OC(N)=C(C#N)[C@H]2c1cccnc1. The summed E-state index contributed by atoms with van der Waals surface area (Å²) in [5.41, 5.74) is 7.45. The van der Waals surface area contributed by atoms with Gasteiger partial charge in [0.25, 0.3) is 0 Å². The van der Waals surface area contributed by atoms with E-state index in [1.807, 2.05) is 13.0 Å². The maximum absolute atomic E-state index is 12.3. The molecule has 0 unspecified atom stereocenters. The maximum Gasteiger partial charge on any atom is 0.343 e. The van der Waals surface area contributed by atoms with Gasteiger partial charge in [0.2, 0.25) is 5.88 Å². The van der Waals surface area contributed by atoms with E-state index in [4.69, 9.17) is 15.2 Å². The van der Waals surface area contributed by atoms with Crippen molar-refractivity contribution in [3.63, 3.8) is 0 Å². The van der Waals surface area contributed by atoms with Crippen molar-refractivity contribution < 1.29 is 14.3 Å². The molecule has 1 aliphatic rings. The Morgan fingerprint density at radius 2 is 2.38 bits per heavy atom. The number of thiophene rings is 1. The summed E-state index contributed by atoms with van der Waals surface area (Å²) in [6.45, 7) is 3.83. The monoisotopic (exact) mass is 341 g/mol. The number of allylic oxidation sites excluding steroid dienone is 1. The highest BCUT2D eigenvalue weighted by Gasteiger charge is 2.37. The van der Waals surface area contributed by atoms with Crippen LogP contribution in [0.5, 0.6) is 5.75 Å². The van der Waals surface area contributed by atoms with Gasteiger partial charge in [-0.3, -0.25) is 4.98 Å². The number of rotatable bonds is 3. The van der Waals surface area contributed by atoms with Crippen LogP contribution >= 0.6 is 11.3 Å². The average molecular weight is 341 g/mol. The van der Waals surface area contributed by atoms with Gasteiger partial charge in [0.05, 0.1) is 17.4 Å². The minimum Gasteiger partial charge on any atom is -0.462 e. The van der Waals surface area contributed by atoms with Gasteiger partial charge in [-0.1, -0.05) is 6.07 Å². The fourth-order valence-corrected chi connectivity index (χ4v) is 3.92. The molecule has 0 aromatic carbocycles. The second-order valence-corrected chi connectivity index (χ2v) is 6.41. The Bertz CT molecular complexity index is 865. The van der Waals surface area contributed by atoms with Crippen molar-refractivity contribution in [1.29, 1.82) is 5.26 Å². The van der Waals surface area contributed by atoms with Gasteiger partial charge in [-0.2, -0.15) is 5.26 Å². The van der Waals surface area contributed by atoms with E-state index in [9.17, 15) is 10.1 Å². The van der Waals surface area contributed by atoms with E-state index >= 15 is 0 Å². The van der Waals surface area contributed by atoms with Gasteiger partial charge in [-0.25, -0.2) is 4.79 Å². The molecule has 122 valence electrons. The Morgan fingerprint density at radius 3 is 3.00 bits per heavy atom. The standard InChI is InChI=1S/C17H15N3O3S/c1-3-22-17(21)12-9(2)24-15-13(10-5-4-6-20-8-10)11(7-18)16(19)23-14(12)15/h4-6,8,13H,3,19H2,1-2H3/t13-/m1/s1. The third-order valence-electron chi connectivity index (χ3n) is 3.71. The van der Waals surface area contributed by atoms with E-state index in [0.29, 0.717) is 16.9 Å². The molecule has 2 N–H and O–H groups in total. The molecule has 0 amide bonds. The summed E-state index contributed by atoms with van der Waals surface area (Å²) in [6, 6.07) is 5.78. The van der Waals surface area contributed by atoms with Crippen LogP contribution in [0.2, 0.25) is 0 Å². The van der Waals surface area contributed by atoms with Gasteiger partial charge in [-0.15, -0.1) is 11.3 Å². The first kappa shape index (κ1) is 16.0. The number of pyridine rings is 1. The Morgan fingerprint density at radius 1 is 1.58 bits per heavy atom. The van der Waals surface area contributed by atoms with Gasteiger partial charge in [0, 0.05) is 17.3 Å². The quantitative estimate of drug-likeness (QED) is 0.862. The minimum absolute atomic E-state index is 0.00204. The number of hydrogen-bond acceptors (Lipinski definition) is 7. The lowest BCUT2D eigenvalue weighted by molar-refractivity contribution is 0.0522. The molecule has 1 atom stereocenters. The molecule has 0 saturated heterocycles. The van der Waals surface area contributed by atoms with Crippen LogP contribution in [0, 0.1) is 18.3 Å². The van der Waals surface area contributed by atoms with E-state index in [1.165, 1.54) is 11.3 Å². The molecule has 2 aromatic rings. The number of nitrogens with zero attached hydrogens (tertiary/aromatic N) is 2. The molecule has 0 fully saturated rings. The smallest absolute Gasteiger partial charge is 0.343 e. The zero-order chi connectivity index (χ0) is 17.3. The summed E-state index contributed by atoms with van der Waals surface area (Å²) < 4.78 is 10.7. The van der Waals surface area contributed by atoms with Crippen LogP contribution in [0.1, 0.15) is 38.5 Å². The number of aromatic nitrogens is 1. The summed E-state index contributed by atoms with van der Waals surface area (Å²) in [5, 5.41) is 9.51. The predicted molar refractivity (Wildman–Crippen MR) is 88.5 cm³/mol. The summed E-state index contributed by atoms with van der Waals surface area (Å²) in [7, 11) is 0. The van der Waals surface area contributed by atoms with E-state index in [2.05, 4.69) is 11.1 Å². The molecule has 1 aliphatic heterocycles. The minimum atomic E-state index is -0.453. The van der Waals surface area contributed by atoms with Crippen LogP contribution in [0.3, 0.4) is 0 Å². The normalized spacial score (nSPS) is 16.1. The number of nitriles is 1. The fourth-order valence-electron chi connectivity index (χ4n) is 2.70. The van der Waals surface area contributed by atoms with Crippen LogP contribution in [-0.2, 0) is 4.74 Å². The first-order valence-electron chi connectivity index (χ1n) is 7.36. The number of fused-ring (bicyclic) bond motifs is 1. The molecule has 3 heterocycles. The number of esters is 1. The number of nitrogens with two attached hydrogens (primary N) is 1. The maximum atomic E-state index is 12.3. The highest BCUT2D eigenvalue weighted by molar-refractivity contribution is 7.12. The summed E-state index contributed by atoms with van der Waals surface area (Å²) in [5.74, 6) is -0.478. The zero-order valence-electron chi connectivity index (χ0n) is 13.2. The number of carbonyl (C=O) groups excluding carboxylic acids is 1. The average Bonchev–Trinajstić information content (AvgIpc) is 2.90. The van der Waals surface area contributed by atoms with Gasteiger partial charge in [0.15, 0.2) is 5.75 Å². The summed E-state index contributed by atoms with van der Waals surface area (Å²) >= 11 is 1.40. The highest BCUT2D eigenvalue weighted by Crippen LogP contribution is 2.49. The fraction of sp³-hybridized carbons (Fsp3) is 0.235. The Hall–Kier alpha value is -2.85. The van der Waals surface area contributed by atoms with E-state index in [-0.39, 0.29) is 12.5 Å². The van der Waals surface area contributed by atoms with Crippen LogP contribution in [0.25, 0.3) is 0 Å². The molecule has 0 bridgehead atoms. The predicted octanol–water partition coefficient (Wildman–Crippen LogP) is 2.85. The summed E-state index contributed by atoms with van der Waals surface area (Å²) in [6.07, 6.45) is 3.34. The molecule has 3 rings (SSSR count). The van der Waals surface area contributed by atoms with Crippen molar-refractivity contribution in [2.75, 3.05) is 6.61 Å². The number of aryl methyl sites for hydroxylation is 1. The first-order valence-corrected chi connectivity index (χ1v) is 8.18. The Balaban J connectivity index is 2.20. The molecule has 0 radical (unpaired) electrons. The van der Waals surface area contributed by atoms with E-state index < -0.39 is 11.9 Å². The van der Waals surface area contributed by atoms with Crippen LogP contribution in [-0.4, -0.2) is 17.6 Å². The molecule has 7 heteroatoms. The Labute approximate surface area is 143 Å². The number of hydrogen-bond donors (Lipinski definition) is 1. The van der Waals surface area contributed by atoms with Crippen molar-refractivity contribution in [1.82, 2.24) is 4.98 Å². The van der Waals surface area contributed by atoms with Crippen molar-refractivity contribution in [3.05, 3.63) is 56.9 Å². The molecule has 0 aliphatic carbocycles. The topological polar surface area (TPSA) is 98.2 Å². The highest BCUT2D eigenvalue weighted by atomic mass is 32.1. The van der Waals surface area contributed by atoms with E-state index in [1.54, 1.807) is 25.4 Å². The number of carbonyl (C=O) groups is 1. The second kappa shape index (κ2) is 6.34. The van der Waals surface area contributed by atoms with Gasteiger partial charge in [-0.05, 0) is 25.5 Å². The van der Waals surface area contributed by atoms with Gasteiger partial charge in [0.1, 0.15) is 17.2 Å². The van der Waals surface area contributed by atoms with Crippen molar-refractivity contribution in [3.8, 4) is 11.8 Å². The van der Waals surface area contributed by atoms with Crippen molar-refractivity contribution >= 4 is 17.3 Å². The van der Waals surface area contributed by atoms with Crippen LogP contribution in [0.15, 0.2) is 36.0 Å². The van der Waals surface area contributed by atoms with Crippen LogP contribution in [0.4, 0.5) is 0 Å². The molecule has 0 spiro atoms. The lowest BCUT2D eigenvalue weighted by Crippen LogP contribution is -2.21. The Kier molecular flexibility index (Phi) is 4.23. The van der Waals surface area contributed by atoms with Crippen molar-refractivity contribution in [2.45, 2.75) is 19.8 Å². The lowest BCUT2D eigenvalue weighted by atomic mass is 9.89. The van der Waals surface area contributed by atoms with Gasteiger partial charge < -0.3 is 15.2 Å². The van der Waals surface area contributed by atoms with Crippen LogP contribution < -0.4 is 10.5 Å². The summed E-state index contributed by atoms with van der Waals surface area (Å²) in [4.78, 5) is 17.9. The van der Waals surface area contributed by atoms with Gasteiger partial charge >= 0.3 is 5.97 Å². The van der Waals surface area contributed by atoms with Crippen molar-refractivity contribution in [2.24, 2.45) is 5.73 Å². The molecule has 0 saturated carbocycles. The third-order valence-corrected chi connectivity index (χ3v) is 4.86. The number of ether oxygens (including phenoxy) is 2. The molecular weight excluding hydrogens is 326 g/mol. The largest absolute Gasteiger partial charge is 0.462 e. The lowest BCUT2D eigenvalue weighted by Gasteiger charge is -2.23. The first-order chi connectivity index (χ1) is 11.6. The molecule has 6 nitrogen and oxygen atoms in total. The van der Waals surface area contributed by atoms with E-state index in [0.717, 1.165) is 15.3 Å². The third kappa shape index (κ3) is 2.51. The molecular formula is C17H15N3O3S.